The molecule has 8 nitrogen and oxygen atoms in total. The first kappa shape index (κ1) is 17.0. The molecule has 0 aliphatic carbocycles. The Bertz CT molecular complexity index is 665. The van der Waals surface area contributed by atoms with Gasteiger partial charge in [-0.15, -0.1) is 0 Å². The van der Waals surface area contributed by atoms with E-state index in [1.54, 1.807) is 6.92 Å². The van der Waals surface area contributed by atoms with Crippen LogP contribution in [0.1, 0.15) is 12.5 Å². The van der Waals surface area contributed by atoms with Crippen LogP contribution in [0.4, 0.5) is 0 Å². The van der Waals surface area contributed by atoms with Crippen molar-refractivity contribution in [3.05, 3.63) is 40.3 Å². The lowest BCUT2D eigenvalue weighted by Gasteiger charge is -2.28. The lowest BCUT2D eigenvalue weighted by molar-refractivity contribution is -0.124. The van der Waals surface area contributed by atoms with Gasteiger partial charge in [-0.05, 0) is 30.2 Å². The molecule has 0 bridgehead atoms. The van der Waals surface area contributed by atoms with Crippen molar-refractivity contribution in [1.82, 2.24) is 5.32 Å². The molecule has 0 fully saturated rings. The maximum atomic E-state index is 11.7. The number of amides is 1. The molecule has 114 valence electrons. The highest BCUT2D eigenvalue weighted by atomic mass is 32.2. The molecule has 0 spiro atoms. The van der Waals surface area contributed by atoms with Crippen LogP contribution in [0.5, 0.6) is 0 Å². The average molecular weight is 311 g/mol. The Morgan fingerprint density at radius 3 is 2.43 bits per heavy atom. The van der Waals surface area contributed by atoms with Gasteiger partial charge in [0, 0.05) is 24.3 Å². The third kappa shape index (κ3) is 4.19. The Labute approximate surface area is 122 Å². The van der Waals surface area contributed by atoms with Gasteiger partial charge in [0.1, 0.15) is 5.54 Å². The van der Waals surface area contributed by atoms with E-state index in [-0.39, 0.29) is 18.0 Å². The quantitative estimate of drug-likeness (QED) is 0.331. The van der Waals surface area contributed by atoms with Gasteiger partial charge >= 0.3 is 0 Å². The first-order valence-corrected chi connectivity index (χ1v) is 7.97. The van der Waals surface area contributed by atoms with Gasteiger partial charge in [-0.2, -0.15) is 0 Å². The lowest BCUT2D eigenvalue weighted by atomic mass is 9.91. The second kappa shape index (κ2) is 6.57. The molecule has 0 saturated heterocycles. The van der Waals surface area contributed by atoms with Crippen LogP contribution in [0.3, 0.4) is 0 Å². The van der Waals surface area contributed by atoms with E-state index < -0.39 is 21.3 Å². The van der Waals surface area contributed by atoms with Crippen molar-refractivity contribution in [3.8, 4) is 0 Å². The number of nitrogens with one attached hydrogen (secondary N) is 1. The van der Waals surface area contributed by atoms with Crippen molar-refractivity contribution in [3.63, 3.8) is 0 Å². The fourth-order valence-electron chi connectivity index (χ4n) is 1.77. The molecule has 9 heteroatoms. The summed E-state index contributed by atoms with van der Waals surface area (Å²) >= 11 is 0. The highest BCUT2D eigenvalue weighted by molar-refractivity contribution is 7.90. The summed E-state index contributed by atoms with van der Waals surface area (Å²) in [5, 5.41) is 6.28. The minimum Gasteiger partial charge on any atom is -0.368 e. The summed E-state index contributed by atoms with van der Waals surface area (Å²) in [5.41, 5.74) is 13.0. The number of primary amides is 1. The van der Waals surface area contributed by atoms with Crippen LogP contribution in [0.2, 0.25) is 0 Å². The monoisotopic (exact) mass is 311 g/mol. The highest BCUT2D eigenvalue weighted by Gasteiger charge is 2.32. The van der Waals surface area contributed by atoms with E-state index in [9.17, 15) is 13.2 Å². The highest BCUT2D eigenvalue weighted by Crippen LogP contribution is 2.22. The molecule has 1 aromatic carbocycles. The van der Waals surface area contributed by atoms with E-state index in [1.165, 1.54) is 24.3 Å². The van der Waals surface area contributed by atoms with Crippen LogP contribution in [-0.2, 0) is 20.2 Å². The van der Waals surface area contributed by atoms with Crippen molar-refractivity contribution < 1.29 is 13.2 Å². The molecule has 21 heavy (non-hydrogen) atoms. The van der Waals surface area contributed by atoms with E-state index in [0.29, 0.717) is 5.56 Å². The summed E-state index contributed by atoms with van der Waals surface area (Å²) in [4.78, 5) is 14.5. The third-order valence-corrected chi connectivity index (χ3v) is 4.23. The van der Waals surface area contributed by atoms with Gasteiger partial charge in [-0.25, -0.2) is 8.42 Å². The minimum atomic E-state index is -3.30. The summed E-state index contributed by atoms with van der Waals surface area (Å²) in [6.45, 7) is 2.01. The average Bonchev–Trinajstić information content (AvgIpc) is 2.42. The van der Waals surface area contributed by atoms with Crippen LogP contribution >= 0.6 is 0 Å². The normalized spacial score (nSPS) is 14.0. The van der Waals surface area contributed by atoms with Crippen LogP contribution in [0.25, 0.3) is 10.4 Å². The lowest BCUT2D eigenvalue weighted by Crippen LogP contribution is -2.51. The molecule has 1 aromatic rings. The smallest absolute Gasteiger partial charge is 0.242 e. The fourth-order valence-corrected chi connectivity index (χ4v) is 2.40. The zero-order chi connectivity index (χ0) is 16.1. The standard InChI is InChI=1S/C12H17N5O3S/c1-12(11(13)18,15-7-8-16-17-14)9-3-5-10(6-4-9)21(2,19)20/h3-6,15H,7-8H2,1-2H3,(H2,13,18). The summed E-state index contributed by atoms with van der Waals surface area (Å²) < 4.78 is 22.8. The number of hydrogen-bond donors (Lipinski definition) is 2. The zero-order valence-corrected chi connectivity index (χ0v) is 12.6. The number of carbonyl (C=O) groups excluding carboxylic acids is 1. The van der Waals surface area contributed by atoms with Gasteiger partial charge in [0.25, 0.3) is 0 Å². The Balaban J connectivity index is 3.05. The summed E-state index contributed by atoms with van der Waals surface area (Å²) in [6.07, 6.45) is 1.10. The van der Waals surface area contributed by atoms with Gasteiger partial charge in [0.2, 0.25) is 5.91 Å². The number of nitrogens with two attached hydrogens (primary N) is 1. The molecule has 3 N–H and O–H groups in total. The van der Waals surface area contributed by atoms with Crippen molar-refractivity contribution in [1.29, 1.82) is 0 Å². The molecule has 0 radical (unpaired) electrons. The zero-order valence-electron chi connectivity index (χ0n) is 11.8. The van der Waals surface area contributed by atoms with Crippen LogP contribution < -0.4 is 11.1 Å². The molecule has 0 aromatic heterocycles. The van der Waals surface area contributed by atoms with Gasteiger partial charge in [0.05, 0.1) is 4.90 Å². The van der Waals surface area contributed by atoms with Crippen molar-refractivity contribution >= 4 is 15.7 Å². The second-order valence-electron chi connectivity index (χ2n) is 4.67. The maximum absolute atomic E-state index is 11.7. The SMILES string of the molecule is CC(NCCN=[N+]=[N-])(C(N)=O)c1ccc(S(C)(=O)=O)cc1. The van der Waals surface area contributed by atoms with E-state index in [4.69, 9.17) is 11.3 Å². The van der Waals surface area contributed by atoms with E-state index in [2.05, 4.69) is 15.3 Å². The second-order valence-corrected chi connectivity index (χ2v) is 6.68. The van der Waals surface area contributed by atoms with Gasteiger partial charge in [-0.1, -0.05) is 17.2 Å². The van der Waals surface area contributed by atoms with Gasteiger partial charge < -0.3 is 5.73 Å². The number of nitrogens with zero attached hydrogens (tertiary/aromatic N) is 3. The maximum Gasteiger partial charge on any atom is 0.242 e. The molecule has 0 aliphatic heterocycles. The van der Waals surface area contributed by atoms with Crippen LogP contribution in [-0.4, -0.2) is 33.7 Å². The molecule has 1 rings (SSSR count). The van der Waals surface area contributed by atoms with Crippen LogP contribution in [0, 0.1) is 0 Å². The van der Waals surface area contributed by atoms with Crippen LogP contribution in [0.15, 0.2) is 34.3 Å². The number of sulfone groups is 1. The molecule has 1 unspecified atom stereocenters. The molecule has 0 saturated carbocycles. The number of rotatable bonds is 7. The topological polar surface area (TPSA) is 138 Å². The van der Waals surface area contributed by atoms with Gasteiger partial charge in [-0.3, -0.25) is 10.1 Å². The van der Waals surface area contributed by atoms with Crippen molar-refractivity contribution in [2.75, 3.05) is 19.3 Å². The van der Waals surface area contributed by atoms with E-state index >= 15 is 0 Å². The Morgan fingerprint density at radius 2 is 2.00 bits per heavy atom. The first-order chi connectivity index (χ1) is 9.71. The largest absolute Gasteiger partial charge is 0.368 e. The number of hydrogen-bond acceptors (Lipinski definition) is 5. The van der Waals surface area contributed by atoms with Gasteiger partial charge in [0.15, 0.2) is 9.84 Å². The summed E-state index contributed by atoms with van der Waals surface area (Å²) in [7, 11) is -3.30. The summed E-state index contributed by atoms with van der Waals surface area (Å²) in [6, 6.07) is 5.89. The van der Waals surface area contributed by atoms with E-state index in [1.807, 2.05) is 0 Å². The number of carbonyl (C=O) groups is 1. The Hall–Kier alpha value is -2.09. The molecule has 1 atom stereocenters. The number of benzene rings is 1. The van der Waals surface area contributed by atoms with Crippen molar-refractivity contribution in [2.45, 2.75) is 17.4 Å². The minimum absolute atomic E-state index is 0.159. The van der Waals surface area contributed by atoms with E-state index in [0.717, 1.165) is 6.26 Å². The number of azide groups is 1. The predicted molar refractivity (Wildman–Crippen MR) is 78.1 cm³/mol. The summed E-state index contributed by atoms with van der Waals surface area (Å²) in [5.74, 6) is -0.615. The Kier molecular flexibility index (Phi) is 5.31. The fraction of sp³-hybridized carbons (Fsp3) is 0.417. The third-order valence-electron chi connectivity index (χ3n) is 3.11. The molecular weight excluding hydrogens is 294 g/mol. The predicted octanol–water partition coefficient (Wildman–Crippen LogP) is 0.690. The molecule has 0 aliphatic rings. The molecule has 0 heterocycles. The van der Waals surface area contributed by atoms with Crippen molar-refractivity contribution in [2.24, 2.45) is 10.8 Å². The molecule has 1 amide bonds. The first-order valence-electron chi connectivity index (χ1n) is 6.08. The Morgan fingerprint density at radius 1 is 1.43 bits per heavy atom. The molecular formula is C12H17N5O3S.